The number of allylic oxidation sites excluding steroid dienone is 2. The number of rotatable bonds is 7. The van der Waals surface area contributed by atoms with Gasteiger partial charge in [-0.25, -0.2) is 13.8 Å². The van der Waals surface area contributed by atoms with Gasteiger partial charge in [0.1, 0.15) is 11.6 Å². The van der Waals surface area contributed by atoms with Crippen LogP contribution in [0.15, 0.2) is 54.5 Å². The average molecular weight is 544 g/mol. The number of imidazole rings is 1. The summed E-state index contributed by atoms with van der Waals surface area (Å²) in [5, 5.41) is 21.3. The summed E-state index contributed by atoms with van der Waals surface area (Å²) in [6, 6.07) is 6.54. The number of nitrogens with two attached hydrogens (primary N) is 1. The van der Waals surface area contributed by atoms with Gasteiger partial charge in [-0.15, -0.1) is 0 Å². The van der Waals surface area contributed by atoms with Crippen molar-refractivity contribution in [2.75, 3.05) is 18.5 Å². The Balaban J connectivity index is 1.30. The number of nitrogens with zero attached hydrogens (tertiary/aromatic N) is 3. The minimum Gasteiger partial charge on any atom is -0.381 e. The van der Waals surface area contributed by atoms with Gasteiger partial charge in [0.05, 0.1) is 46.5 Å². The van der Waals surface area contributed by atoms with Crippen molar-refractivity contribution >= 4 is 23.4 Å². The second-order valence-electron chi connectivity index (χ2n) is 10.5. The largest absolute Gasteiger partial charge is 0.381 e. The molecule has 3 aromatic rings. The summed E-state index contributed by atoms with van der Waals surface area (Å²) in [6.45, 7) is 2.79. The number of aromatic amines is 1. The molecule has 0 bridgehead atoms. The number of benzene rings is 1. The topological polar surface area (TPSA) is 136 Å². The van der Waals surface area contributed by atoms with Gasteiger partial charge < -0.3 is 26.2 Å². The number of halogens is 2. The average Bonchev–Trinajstić information content (AvgIpc) is 3.39. The zero-order valence-electron chi connectivity index (χ0n) is 22.2. The summed E-state index contributed by atoms with van der Waals surface area (Å²) >= 11 is 0. The number of hydrogen-bond donors (Lipinski definition) is 4. The molecule has 1 aromatic carbocycles. The van der Waals surface area contributed by atoms with Crippen molar-refractivity contribution in [1.82, 2.24) is 15.0 Å². The highest BCUT2D eigenvalue weighted by atomic mass is 19.1. The molecule has 3 heterocycles. The highest BCUT2D eigenvalue weighted by Gasteiger charge is 2.36. The van der Waals surface area contributed by atoms with Gasteiger partial charge >= 0.3 is 0 Å². The summed E-state index contributed by atoms with van der Waals surface area (Å²) in [5.74, 6) is -1.04. The van der Waals surface area contributed by atoms with Crippen LogP contribution >= 0.6 is 0 Å². The quantitative estimate of drug-likeness (QED) is 0.225. The second kappa shape index (κ2) is 11.5. The summed E-state index contributed by atoms with van der Waals surface area (Å²) in [6.07, 6.45) is 12.5. The molecule has 2 unspecified atom stereocenters. The predicted octanol–water partition coefficient (Wildman–Crippen LogP) is 5.63. The first kappa shape index (κ1) is 27.4. The molecule has 1 saturated heterocycles. The summed E-state index contributed by atoms with van der Waals surface area (Å²) in [7, 11) is 0. The number of anilines is 2. The van der Waals surface area contributed by atoms with Crippen LogP contribution in [0, 0.1) is 28.4 Å². The van der Waals surface area contributed by atoms with E-state index < -0.39 is 22.6 Å². The fourth-order valence-electron chi connectivity index (χ4n) is 5.56. The number of aromatic nitrogens is 3. The Morgan fingerprint density at radius 1 is 1.27 bits per heavy atom. The minimum absolute atomic E-state index is 0.00985. The number of nitriles is 1. The molecule has 5 rings (SSSR count). The van der Waals surface area contributed by atoms with E-state index >= 15 is 8.78 Å². The van der Waals surface area contributed by atoms with Crippen LogP contribution in [0.4, 0.5) is 20.4 Å². The van der Waals surface area contributed by atoms with Crippen LogP contribution in [0.2, 0.25) is 0 Å². The molecule has 10 heteroatoms. The van der Waals surface area contributed by atoms with Gasteiger partial charge in [0.15, 0.2) is 0 Å². The maximum atomic E-state index is 15.0. The van der Waals surface area contributed by atoms with E-state index in [0.717, 1.165) is 36.2 Å². The normalized spacial score (nSPS) is 20.6. The molecule has 0 spiro atoms. The maximum absolute atomic E-state index is 15.0. The SMILES string of the molecule is CC1=CC(N)CC(c2ccncc2Nc2ncc(/C=C\C(=N)c3c(F)cc(C4(C#N)CCOCC4)cc3F)[nH]2)C1. The molecule has 1 fully saturated rings. The molecule has 2 atom stereocenters. The Labute approximate surface area is 231 Å². The van der Waals surface area contributed by atoms with Gasteiger partial charge in [-0.3, -0.25) is 4.98 Å². The van der Waals surface area contributed by atoms with Gasteiger partial charge in [0.25, 0.3) is 0 Å². The van der Waals surface area contributed by atoms with Crippen LogP contribution in [0.5, 0.6) is 0 Å². The zero-order chi connectivity index (χ0) is 28.3. The summed E-state index contributed by atoms with van der Waals surface area (Å²) in [4.78, 5) is 11.7. The standard InChI is InChI=1S/C30H31F2N7O/c1-18-10-19(12-21(34)11-18)23-4-7-36-16-27(23)39-29-37-15-22(38-29)2-3-26(35)28-24(31)13-20(14-25(28)32)30(17-33)5-8-40-9-6-30/h2-4,7,11,13-16,19,21,35H,5-6,8-10,12,34H2,1H3,(H2,37,38,39)/b3-2-,35-26?. The highest BCUT2D eigenvalue weighted by molar-refractivity contribution is 6.09. The molecule has 1 aliphatic heterocycles. The molecular formula is C30H31F2N7O. The van der Waals surface area contributed by atoms with E-state index in [1.165, 1.54) is 17.7 Å². The summed E-state index contributed by atoms with van der Waals surface area (Å²) < 4.78 is 35.4. The Morgan fingerprint density at radius 2 is 2.02 bits per heavy atom. The summed E-state index contributed by atoms with van der Waals surface area (Å²) in [5.41, 5.74) is 8.41. The number of H-pyrrole nitrogens is 1. The van der Waals surface area contributed by atoms with Crippen molar-refractivity contribution < 1.29 is 13.5 Å². The molecule has 0 amide bonds. The lowest BCUT2D eigenvalue weighted by Crippen LogP contribution is -2.32. The molecule has 206 valence electrons. The van der Waals surface area contributed by atoms with Crippen LogP contribution in [0.25, 0.3) is 6.08 Å². The third-order valence-electron chi connectivity index (χ3n) is 7.62. The van der Waals surface area contributed by atoms with E-state index in [9.17, 15) is 5.26 Å². The Kier molecular flexibility index (Phi) is 7.87. The van der Waals surface area contributed by atoms with Gasteiger partial charge in [-0.05, 0) is 80.0 Å². The molecular weight excluding hydrogens is 512 g/mol. The zero-order valence-corrected chi connectivity index (χ0v) is 22.2. The lowest BCUT2D eigenvalue weighted by Gasteiger charge is -2.31. The Hall–Kier alpha value is -4.20. The van der Waals surface area contributed by atoms with E-state index in [0.29, 0.717) is 37.7 Å². The number of nitrogens with one attached hydrogen (secondary N) is 3. The number of ether oxygens (including phenoxy) is 1. The smallest absolute Gasteiger partial charge is 0.205 e. The van der Waals surface area contributed by atoms with Crippen molar-refractivity contribution in [2.24, 2.45) is 5.73 Å². The van der Waals surface area contributed by atoms with Crippen molar-refractivity contribution in [3.63, 3.8) is 0 Å². The van der Waals surface area contributed by atoms with E-state index in [1.54, 1.807) is 18.6 Å². The first-order chi connectivity index (χ1) is 19.3. The van der Waals surface area contributed by atoms with E-state index in [-0.39, 0.29) is 23.2 Å². The van der Waals surface area contributed by atoms with E-state index in [2.05, 4.69) is 39.3 Å². The third kappa shape index (κ3) is 5.71. The van der Waals surface area contributed by atoms with Gasteiger partial charge in [0.2, 0.25) is 5.95 Å². The Bertz CT molecular complexity index is 1490. The fourth-order valence-corrected chi connectivity index (χ4v) is 5.56. The predicted molar refractivity (Wildman–Crippen MR) is 149 cm³/mol. The van der Waals surface area contributed by atoms with E-state index in [1.807, 2.05) is 6.07 Å². The highest BCUT2D eigenvalue weighted by Crippen LogP contribution is 2.37. The first-order valence-corrected chi connectivity index (χ1v) is 13.2. The molecule has 0 saturated carbocycles. The lowest BCUT2D eigenvalue weighted by atomic mass is 9.75. The molecule has 0 radical (unpaired) electrons. The fraction of sp³-hybridized carbons (Fsp3) is 0.333. The third-order valence-corrected chi connectivity index (χ3v) is 7.62. The van der Waals surface area contributed by atoms with E-state index in [4.69, 9.17) is 15.9 Å². The minimum atomic E-state index is -0.998. The molecule has 2 aromatic heterocycles. The monoisotopic (exact) mass is 543 g/mol. The molecule has 5 N–H and O–H groups in total. The van der Waals surface area contributed by atoms with Crippen LogP contribution in [0.1, 0.15) is 60.9 Å². The molecule has 2 aliphatic rings. The number of hydrogen-bond acceptors (Lipinski definition) is 7. The molecule has 1 aliphatic carbocycles. The van der Waals surface area contributed by atoms with Crippen LogP contribution < -0.4 is 11.1 Å². The van der Waals surface area contributed by atoms with Crippen LogP contribution in [-0.2, 0) is 10.2 Å². The van der Waals surface area contributed by atoms with Gasteiger partial charge in [0, 0.05) is 25.5 Å². The van der Waals surface area contributed by atoms with Gasteiger partial charge in [-0.1, -0.05) is 11.6 Å². The molecule has 40 heavy (non-hydrogen) atoms. The second-order valence-corrected chi connectivity index (χ2v) is 10.5. The van der Waals surface area contributed by atoms with Crippen molar-refractivity contribution in [2.45, 2.75) is 50.0 Å². The first-order valence-electron chi connectivity index (χ1n) is 13.2. The van der Waals surface area contributed by atoms with Crippen molar-refractivity contribution in [3.05, 3.63) is 88.5 Å². The van der Waals surface area contributed by atoms with Crippen LogP contribution in [-0.4, -0.2) is 39.9 Å². The van der Waals surface area contributed by atoms with Crippen LogP contribution in [0.3, 0.4) is 0 Å². The van der Waals surface area contributed by atoms with Crippen molar-refractivity contribution in [1.29, 1.82) is 10.7 Å². The maximum Gasteiger partial charge on any atom is 0.205 e. The molecule has 8 nitrogen and oxygen atoms in total. The lowest BCUT2D eigenvalue weighted by molar-refractivity contribution is 0.0673. The number of pyridine rings is 1. The Morgan fingerprint density at radius 3 is 2.73 bits per heavy atom. The van der Waals surface area contributed by atoms with Gasteiger partial charge in [-0.2, -0.15) is 5.26 Å². The van der Waals surface area contributed by atoms with Crippen molar-refractivity contribution in [3.8, 4) is 6.07 Å².